The van der Waals surface area contributed by atoms with Crippen LogP contribution in [0.15, 0.2) is 0 Å². The molecule has 0 aliphatic heterocycles. The van der Waals surface area contributed by atoms with Crippen molar-refractivity contribution in [3.63, 3.8) is 0 Å². The van der Waals surface area contributed by atoms with Crippen molar-refractivity contribution in [2.45, 2.75) is 0 Å². The molecule has 0 rings (SSSR count). The first-order valence-corrected chi connectivity index (χ1v) is 1.51. The number of nitrogens with one attached hydrogen (secondary N) is 1. The molecule has 4 heteroatoms. The Balaban J connectivity index is 0. The van der Waals surface area contributed by atoms with Crippen LogP contribution in [0.1, 0.15) is 0 Å². The first-order chi connectivity index (χ1) is 3.41. The standard InChI is InChI=1S/C2H7NO2.CH2O/c1-4-3-5-2;1-2/h3H,1-2H3;1H2. The highest BCUT2D eigenvalue weighted by Crippen LogP contribution is 1.46. The average Bonchev–Trinajstić information content (AvgIpc) is 1.75. The number of rotatable bonds is 2. The summed E-state index contributed by atoms with van der Waals surface area (Å²) in [6, 6.07) is 0. The Hall–Kier alpha value is -0.450. The zero-order valence-corrected chi connectivity index (χ0v) is 4.43. The molecular formula is C3H9NO3. The van der Waals surface area contributed by atoms with Gasteiger partial charge in [0.25, 0.3) is 0 Å². The van der Waals surface area contributed by atoms with E-state index in [0.29, 0.717) is 0 Å². The lowest BCUT2D eigenvalue weighted by Gasteiger charge is -1.89. The van der Waals surface area contributed by atoms with Crippen LogP contribution in [-0.2, 0) is 14.5 Å². The molecule has 0 aliphatic carbocycles. The average molecular weight is 107 g/mol. The fraction of sp³-hybridized carbons (Fsp3) is 0.667. The predicted molar refractivity (Wildman–Crippen MR) is 24.3 cm³/mol. The van der Waals surface area contributed by atoms with Crippen LogP contribution in [0, 0.1) is 0 Å². The molecule has 1 N–H and O–H groups in total. The molecule has 44 valence electrons. The van der Waals surface area contributed by atoms with Gasteiger partial charge in [-0.1, -0.05) is 5.64 Å². The zero-order chi connectivity index (χ0) is 6.12. The Bertz CT molecular complexity index is 24.1. The van der Waals surface area contributed by atoms with Crippen LogP contribution in [0.4, 0.5) is 0 Å². The van der Waals surface area contributed by atoms with Crippen molar-refractivity contribution in [1.29, 1.82) is 0 Å². The van der Waals surface area contributed by atoms with E-state index < -0.39 is 0 Å². The Morgan fingerprint density at radius 3 is 1.57 bits per heavy atom. The van der Waals surface area contributed by atoms with Crippen LogP contribution in [0.25, 0.3) is 0 Å². The molecule has 0 unspecified atom stereocenters. The van der Waals surface area contributed by atoms with Crippen molar-refractivity contribution in [3.05, 3.63) is 0 Å². The molecule has 0 heterocycles. The summed E-state index contributed by atoms with van der Waals surface area (Å²) in [4.78, 5) is 16.4. The summed E-state index contributed by atoms with van der Waals surface area (Å²) in [5, 5.41) is 0. The van der Waals surface area contributed by atoms with Crippen LogP contribution in [0.2, 0.25) is 0 Å². The number of carbonyl (C=O) groups is 1. The van der Waals surface area contributed by atoms with Gasteiger partial charge in [-0.25, -0.2) is 0 Å². The minimum atomic E-state index is 1.48. The van der Waals surface area contributed by atoms with Gasteiger partial charge in [0.15, 0.2) is 0 Å². The van der Waals surface area contributed by atoms with Gasteiger partial charge in [-0.3, -0.25) is 9.68 Å². The van der Waals surface area contributed by atoms with Crippen molar-refractivity contribution in [2.75, 3.05) is 14.2 Å². The molecule has 0 aromatic carbocycles. The molecule has 0 spiro atoms. The number of carbonyl (C=O) groups excluding carboxylic acids is 1. The van der Waals surface area contributed by atoms with Crippen LogP contribution in [0.5, 0.6) is 0 Å². The summed E-state index contributed by atoms with van der Waals surface area (Å²) in [7, 11) is 2.95. The summed E-state index contributed by atoms with van der Waals surface area (Å²) in [5.74, 6) is 0. The molecule has 7 heavy (non-hydrogen) atoms. The van der Waals surface area contributed by atoms with E-state index in [1.54, 1.807) is 0 Å². The van der Waals surface area contributed by atoms with Gasteiger partial charge >= 0.3 is 0 Å². The van der Waals surface area contributed by atoms with Gasteiger partial charge in [0.05, 0.1) is 14.2 Å². The van der Waals surface area contributed by atoms with Crippen molar-refractivity contribution in [2.24, 2.45) is 0 Å². The van der Waals surface area contributed by atoms with E-state index >= 15 is 0 Å². The van der Waals surface area contributed by atoms with Crippen LogP contribution < -0.4 is 5.64 Å². The maximum absolute atomic E-state index is 8.00. The summed E-state index contributed by atoms with van der Waals surface area (Å²) in [6.07, 6.45) is 0. The Morgan fingerprint density at radius 2 is 1.57 bits per heavy atom. The van der Waals surface area contributed by atoms with Gasteiger partial charge < -0.3 is 4.79 Å². The molecule has 0 radical (unpaired) electrons. The second kappa shape index (κ2) is 17.7. The topological polar surface area (TPSA) is 47.6 Å². The van der Waals surface area contributed by atoms with Gasteiger partial charge in [0, 0.05) is 0 Å². The maximum atomic E-state index is 8.00. The summed E-state index contributed by atoms with van der Waals surface area (Å²) >= 11 is 0. The summed E-state index contributed by atoms with van der Waals surface area (Å²) in [6.45, 7) is 2.00. The minimum absolute atomic E-state index is 1.48. The highest BCUT2D eigenvalue weighted by atomic mass is 16.9. The van der Waals surface area contributed by atoms with Gasteiger partial charge in [-0.15, -0.1) is 0 Å². The van der Waals surface area contributed by atoms with Gasteiger partial charge in [0.1, 0.15) is 6.79 Å². The second-order valence-corrected chi connectivity index (χ2v) is 0.492. The zero-order valence-electron chi connectivity index (χ0n) is 4.43. The molecule has 0 aromatic heterocycles. The highest BCUT2D eigenvalue weighted by molar-refractivity contribution is 5.10. The molecule has 0 saturated carbocycles. The fourth-order valence-corrected chi connectivity index (χ4v) is 0.0833. The molecule has 0 fully saturated rings. The smallest absolute Gasteiger partial charge is 0.106 e. The SMILES string of the molecule is C=O.CONOC. The number of hydrogen-bond donors (Lipinski definition) is 1. The second-order valence-electron chi connectivity index (χ2n) is 0.492. The lowest BCUT2D eigenvalue weighted by Crippen LogP contribution is -2.07. The Morgan fingerprint density at radius 1 is 1.29 bits per heavy atom. The quantitative estimate of drug-likeness (QED) is 0.484. The molecule has 0 amide bonds. The van der Waals surface area contributed by atoms with Crippen LogP contribution >= 0.6 is 0 Å². The predicted octanol–water partition coefficient (Wildman–Crippen LogP) is -0.486. The van der Waals surface area contributed by atoms with Gasteiger partial charge in [-0.2, -0.15) is 0 Å². The largest absolute Gasteiger partial charge is 0.307 e. The first-order valence-electron chi connectivity index (χ1n) is 1.51. The number of hydrogen-bond acceptors (Lipinski definition) is 4. The van der Waals surface area contributed by atoms with E-state index in [2.05, 4.69) is 15.3 Å². The van der Waals surface area contributed by atoms with E-state index in [4.69, 9.17) is 4.79 Å². The van der Waals surface area contributed by atoms with Gasteiger partial charge in [0.2, 0.25) is 0 Å². The van der Waals surface area contributed by atoms with Crippen molar-refractivity contribution < 1.29 is 14.5 Å². The molecule has 0 aromatic rings. The highest BCUT2D eigenvalue weighted by Gasteiger charge is 1.58. The van der Waals surface area contributed by atoms with Gasteiger partial charge in [-0.05, 0) is 0 Å². The summed E-state index contributed by atoms with van der Waals surface area (Å²) < 4.78 is 0. The van der Waals surface area contributed by atoms with E-state index in [1.807, 2.05) is 6.79 Å². The third kappa shape index (κ3) is 29.1. The molecule has 0 saturated heterocycles. The van der Waals surface area contributed by atoms with Crippen molar-refractivity contribution in [1.82, 2.24) is 5.64 Å². The van der Waals surface area contributed by atoms with E-state index in [0.717, 1.165) is 0 Å². The third-order valence-corrected chi connectivity index (χ3v) is 0.167. The van der Waals surface area contributed by atoms with Crippen LogP contribution in [0.3, 0.4) is 0 Å². The Labute approximate surface area is 42.3 Å². The molecule has 4 nitrogen and oxygen atoms in total. The first kappa shape index (κ1) is 9.75. The van der Waals surface area contributed by atoms with E-state index in [9.17, 15) is 0 Å². The lowest BCUT2D eigenvalue weighted by atomic mass is 11.7. The maximum Gasteiger partial charge on any atom is 0.106 e. The molecule has 0 atom stereocenters. The monoisotopic (exact) mass is 107 g/mol. The van der Waals surface area contributed by atoms with Crippen molar-refractivity contribution >= 4 is 6.79 Å². The van der Waals surface area contributed by atoms with E-state index in [1.165, 1.54) is 14.2 Å². The van der Waals surface area contributed by atoms with E-state index in [-0.39, 0.29) is 0 Å². The molecule has 0 bridgehead atoms. The molecular weight excluding hydrogens is 98.0 g/mol. The Kier molecular flexibility index (Phi) is 24.6. The minimum Gasteiger partial charge on any atom is -0.307 e. The lowest BCUT2D eigenvalue weighted by molar-refractivity contribution is -0.130. The van der Waals surface area contributed by atoms with Crippen molar-refractivity contribution in [3.8, 4) is 0 Å². The fourth-order valence-electron chi connectivity index (χ4n) is 0.0833. The van der Waals surface area contributed by atoms with Crippen LogP contribution in [-0.4, -0.2) is 21.0 Å². The third-order valence-electron chi connectivity index (χ3n) is 0.167. The summed E-state index contributed by atoms with van der Waals surface area (Å²) in [5.41, 5.74) is 2.11. The normalized spacial score (nSPS) is 6.57. The molecule has 0 aliphatic rings.